The predicted molar refractivity (Wildman–Crippen MR) is 197 cm³/mol. The first-order chi connectivity index (χ1) is 24.4. The molecule has 2 aromatic carbocycles. The minimum absolute atomic E-state index is 0. The molecule has 9 nitrogen and oxygen atoms in total. The normalized spacial score (nSPS) is 30.7. The number of aliphatic hydroxyl groups is 1. The molecule has 0 saturated heterocycles. The Morgan fingerprint density at radius 3 is 2.40 bits per heavy atom. The Labute approximate surface area is 336 Å². The Kier molecular flexibility index (Phi) is 12.7. The molecule has 0 spiro atoms. The van der Waals surface area contributed by atoms with Gasteiger partial charge in [0.1, 0.15) is 0 Å². The molecule has 53 heavy (non-hydrogen) atoms. The Balaban J connectivity index is 0.000000183. The Morgan fingerprint density at radius 1 is 1.02 bits per heavy atom. The second kappa shape index (κ2) is 16.1. The summed E-state index contributed by atoms with van der Waals surface area (Å²) in [5.41, 5.74) is 4.04. The number of aromatic amines is 1. The molecule has 7 atom stereocenters. The summed E-state index contributed by atoms with van der Waals surface area (Å²) >= 11 is 1.53. The first kappa shape index (κ1) is 41.9. The van der Waals surface area contributed by atoms with Gasteiger partial charge in [-0.15, -0.1) is 0 Å². The largest absolute Gasteiger partial charge is 1.00 e. The number of nitrogens with one attached hydrogen (secondary N) is 1. The van der Waals surface area contributed by atoms with Gasteiger partial charge in [0.15, 0.2) is 0 Å². The van der Waals surface area contributed by atoms with Crippen LogP contribution < -0.4 is 34.5 Å². The number of anilines is 2. The number of rotatable bonds is 4. The van der Waals surface area contributed by atoms with E-state index in [-0.39, 0.29) is 35.0 Å². The van der Waals surface area contributed by atoms with Crippen LogP contribution in [0.2, 0.25) is 0 Å². The smallest absolute Gasteiger partial charge is 0.390 e. The number of H-pyrrole nitrogens is 1. The Morgan fingerprint density at radius 2 is 1.70 bits per heavy atom. The van der Waals surface area contributed by atoms with Gasteiger partial charge in [0.2, 0.25) is 0 Å². The zero-order chi connectivity index (χ0) is 37.6. The van der Waals surface area contributed by atoms with Crippen LogP contribution in [0, 0.1) is 49.8 Å². The van der Waals surface area contributed by atoms with Crippen molar-refractivity contribution in [2.45, 2.75) is 100 Å². The van der Waals surface area contributed by atoms with Crippen molar-refractivity contribution in [3.63, 3.8) is 0 Å². The topological polar surface area (TPSA) is 122 Å². The van der Waals surface area contributed by atoms with Crippen molar-refractivity contribution >= 4 is 23.1 Å². The molecular weight excluding hydrogens is 715 g/mol. The minimum atomic E-state index is -4.33. The molecule has 1 aliphatic heterocycles. The summed E-state index contributed by atoms with van der Waals surface area (Å²) in [5, 5.41) is 33.3. The van der Waals surface area contributed by atoms with Gasteiger partial charge in [-0.3, -0.25) is 5.10 Å². The molecule has 0 amide bonds. The number of nitrogens with zero attached hydrogens (tertiary/aromatic N) is 4. The van der Waals surface area contributed by atoms with Gasteiger partial charge in [0, 0.05) is 22.0 Å². The van der Waals surface area contributed by atoms with Gasteiger partial charge in [-0.2, -0.15) is 18.3 Å². The summed E-state index contributed by atoms with van der Waals surface area (Å²) in [7, 11) is 3.99. The summed E-state index contributed by atoms with van der Waals surface area (Å²) in [6.45, 7) is 8.66. The quantitative estimate of drug-likeness (QED) is 0.185. The van der Waals surface area contributed by atoms with Crippen LogP contribution in [0.1, 0.15) is 82.5 Å². The van der Waals surface area contributed by atoms with Gasteiger partial charge in [-0.1, -0.05) is 37.7 Å². The van der Waals surface area contributed by atoms with E-state index in [2.05, 4.69) is 42.1 Å². The van der Waals surface area contributed by atoms with Crippen LogP contribution in [0.4, 0.5) is 24.5 Å². The third-order valence-corrected chi connectivity index (χ3v) is 14.5. The predicted octanol–water partition coefficient (Wildman–Crippen LogP) is 6.14. The van der Waals surface area contributed by atoms with Crippen LogP contribution in [0.3, 0.4) is 0 Å². The fraction of sp³-hybridized carbons (Fsp3) is 0.615. The van der Waals surface area contributed by atoms with E-state index in [1.54, 1.807) is 6.07 Å². The summed E-state index contributed by atoms with van der Waals surface area (Å²) in [4.78, 5) is 14.3. The molecule has 1 aromatic heterocycles. The molecule has 3 fully saturated rings. The maximum atomic E-state index is 13.1. The van der Waals surface area contributed by atoms with Crippen molar-refractivity contribution in [1.82, 2.24) is 15.1 Å². The molecule has 4 aliphatic carbocycles. The second-order valence-corrected chi connectivity index (χ2v) is 17.5. The van der Waals surface area contributed by atoms with E-state index in [1.807, 2.05) is 43.3 Å². The SMILES string of the molecule is CN(C)CCCN1c2ccccc2Sc2ccc(C(F)(F)F)cc21.C[C@]12Cc3cn[nH]c3C[C@@H]1CC[C@@H]1[C@@H]2CC[C@@]2(C)[C@H]1CC[C@]2(C)O.O=[N+]([O-])[O-].[Na+]. The van der Waals surface area contributed by atoms with Crippen LogP contribution in [0.5, 0.6) is 0 Å². The Bertz CT molecular complexity index is 1750. The molecule has 5 aliphatic rings. The number of aromatic nitrogens is 2. The monoisotopic (exact) mass is 765 g/mol. The van der Waals surface area contributed by atoms with Crippen molar-refractivity contribution in [3.05, 3.63) is 80.8 Å². The van der Waals surface area contributed by atoms with Gasteiger partial charge < -0.3 is 30.2 Å². The number of alkyl halides is 3. The average molecular weight is 766 g/mol. The first-order valence-corrected chi connectivity index (χ1v) is 19.2. The van der Waals surface area contributed by atoms with Crippen molar-refractivity contribution in [2.75, 3.05) is 32.1 Å². The maximum Gasteiger partial charge on any atom is 1.00 e. The van der Waals surface area contributed by atoms with Gasteiger partial charge in [0.05, 0.1) is 33.8 Å². The molecule has 0 radical (unpaired) electrons. The van der Waals surface area contributed by atoms with E-state index in [1.165, 1.54) is 74.0 Å². The maximum absolute atomic E-state index is 13.1. The van der Waals surface area contributed by atoms with Crippen molar-refractivity contribution in [3.8, 4) is 0 Å². The van der Waals surface area contributed by atoms with Gasteiger partial charge in [-0.05, 0) is 156 Å². The van der Waals surface area contributed by atoms with Crippen molar-refractivity contribution in [1.29, 1.82) is 0 Å². The number of hydrogen-bond acceptors (Lipinski definition) is 8. The summed E-state index contributed by atoms with van der Waals surface area (Å²) < 4.78 is 39.3. The standard InChI is InChI=1S/C21H32N2O.C18H19F3N2S.NO3.Na/c1-19-11-13-12-22-23-18(13)10-14(19)4-5-15-16(19)6-8-20(2)17(15)7-9-21(20,3)24;1-22(2)10-5-11-23-14-6-3-4-7-16(14)24-17-9-8-13(12-15(17)23)18(19,20)21;2-1(3)4;/h12,14-17,24H,4-11H2,1-3H3,(H,22,23);3-4,6-9,12H,5,10-11H2,1-2H3;;/q;;-1;+1/t14-,15+,16-,17-,19-,20-,21-;;;/m0.../s1. The Hall–Kier alpha value is -2.29. The molecule has 3 aromatic rings. The fourth-order valence-corrected chi connectivity index (χ4v) is 11.6. The number of benzene rings is 2. The van der Waals surface area contributed by atoms with Crippen LogP contribution in [-0.4, -0.2) is 58.1 Å². The molecule has 8 rings (SSSR count). The van der Waals surface area contributed by atoms with E-state index in [0.717, 1.165) is 64.6 Å². The van der Waals surface area contributed by atoms with Gasteiger partial charge in [-0.25, -0.2) is 0 Å². The average Bonchev–Trinajstić information content (AvgIpc) is 3.62. The molecular formula is C39H51F3N5NaO4S. The fourth-order valence-electron chi connectivity index (χ4n) is 10.5. The van der Waals surface area contributed by atoms with Gasteiger partial charge >= 0.3 is 35.7 Å². The molecule has 2 N–H and O–H groups in total. The molecule has 14 heteroatoms. The zero-order valence-corrected chi connectivity index (χ0v) is 34.5. The van der Waals surface area contributed by atoms with Crippen LogP contribution in [0.15, 0.2) is 58.5 Å². The summed E-state index contributed by atoms with van der Waals surface area (Å²) in [5.74, 6) is 3.21. The second-order valence-electron chi connectivity index (χ2n) is 16.5. The molecule has 0 unspecified atom stereocenters. The molecule has 3 saturated carbocycles. The van der Waals surface area contributed by atoms with Crippen LogP contribution in [-0.2, 0) is 19.0 Å². The number of hydrogen-bond donors (Lipinski definition) is 2. The third kappa shape index (κ3) is 8.31. The molecule has 0 bridgehead atoms. The zero-order valence-electron chi connectivity index (χ0n) is 31.7. The van der Waals surface area contributed by atoms with E-state index < -0.39 is 22.4 Å². The number of fused-ring (bicyclic) bond motifs is 8. The van der Waals surface area contributed by atoms with Gasteiger partial charge in [0.25, 0.3) is 0 Å². The van der Waals surface area contributed by atoms with Crippen LogP contribution in [0.25, 0.3) is 0 Å². The summed E-state index contributed by atoms with van der Waals surface area (Å²) in [6.07, 6.45) is 8.56. The van der Waals surface area contributed by atoms with Crippen molar-refractivity contribution < 1.29 is 52.9 Å². The van der Waals surface area contributed by atoms with E-state index in [0.29, 0.717) is 17.6 Å². The van der Waals surface area contributed by atoms with E-state index >= 15 is 0 Å². The number of para-hydroxylation sites is 1. The molecule has 284 valence electrons. The first-order valence-electron chi connectivity index (χ1n) is 18.4. The summed E-state index contributed by atoms with van der Waals surface area (Å²) in [6, 6.07) is 11.9. The molecule has 2 heterocycles. The van der Waals surface area contributed by atoms with E-state index in [4.69, 9.17) is 15.3 Å². The minimum Gasteiger partial charge on any atom is -0.390 e. The number of halogens is 3. The third-order valence-electron chi connectivity index (χ3n) is 13.4. The van der Waals surface area contributed by atoms with E-state index in [9.17, 15) is 18.3 Å². The van der Waals surface area contributed by atoms with Crippen molar-refractivity contribution in [2.24, 2.45) is 34.5 Å². The van der Waals surface area contributed by atoms with Crippen LogP contribution >= 0.6 is 11.8 Å².